The summed E-state index contributed by atoms with van der Waals surface area (Å²) in [6, 6.07) is 8.55. The fourth-order valence-electron chi connectivity index (χ4n) is 3.04. The van der Waals surface area contributed by atoms with Gasteiger partial charge in [0.25, 0.3) is 17.5 Å². The van der Waals surface area contributed by atoms with Crippen molar-refractivity contribution in [1.29, 1.82) is 0 Å². The average molecular weight is 516 g/mol. The van der Waals surface area contributed by atoms with Crippen molar-refractivity contribution in [3.63, 3.8) is 0 Å². The second kappa shape index (κ2) is 20.2. The van der Waals surface area contributed by atoms with E-state index >= 15 is 0 Å². The molecule has 0 aromatic heterocycles. The van der Waals surface area contributed by atoms with Crippen molar-refractivity contribution in [3.05, 3.63) is 64.8 Å². The standard InChI is InChI=1S/C15H18F2O2.C7H14.C4H7NO5/c16-15(17,10-9-12-5-4-8-14(12)18)11-19-13-6-2-1-3-7-13;1-3-5-7-6-4-2;1-4(2-9-3-6)10-5(7)8/h1-3,6-7,9-10,12,14,18H,4-5,8,11H2;3,5H,4,6-7H2,1-2H3;3-4H,2H2,1H3/b10-9+;5-3-;. The molecule has 1 saturated carbocycles. The summed E-state index contributed by atoms with van der Waals surface area (Å²) in [5, 5.41) is 18.2. The van der Waals surface area contributed by atoms with Crippen molar-refractivity contribution in [1.82, 2.24) is 0 Å². The van der Waals surface area contributed by atoms with Crippen molar-refractivity contribution in [2.45, 2.75) is 77.4 Å². The summed E-state index contributed by atoms with van der Waals surface area (Å²) in [6.45, 7) is 5.12. The Morgan fingerprint density at radius 2 is 1.97 bits per heavy atom. The van der Waals surface area contributed by atoms with E-state index in [-0.39, 0.29) is 19.0 Å². The molecule has 1 aromatic carbocycles. The zero-order valence-electron chi connectivity index (χ0n) is 21.3. The minimum absolute atomic E-state index is 0.107. The van der Waals surface area contributed by atoms with Crippen LogP contribution in [-0.4, -0.2) is 48.0 Å². The number of carbonyl (C=O) groups is 1. The fourth-order valence-corrected chi connectivity index (χ4v) is 3.04. The van der Waals surface area contributed by atoms with Crippen LogP contribution in [0.25, 0.3) is 0 Å². The predicted molar refractivity (Wildman–Crippen MR) is 133 cm³/mol. The Balaban J connectivity index is 0.000000605. The van der Waals surface area contributed by atoms with Crippen LogP contribution < -0.4 is 4.74 Å². The molecule has 1 aliphatic carbocycles. The smallest absolute Gasteiger partial charge is 0.299 e. The van der Waals surface area contributed by atoms with Gasteiger partial charge in [-0.2, -0.15) is 8.78 Å². The lowest BCUT2D eigenvalue weighted by atomic mass is 10.0. The number of hydrogen-bond acceptors (Lipinski definition) is 7. The van der Waals surface area contributed by atoms with Crippen LogP contribution in [0, 0.1) is 16.0 Å². The molecule has 0 aliphatic heterocycles. The van der Waals surface area contributed by atoms with Gasteiger partial charge >= 0.3 is 0 Å². The third-order valence-corrected chi connectivity index (χ3v) is 4.92. The number of halogens is 2. The van der Waals surface area contributed by atoms with E-state index in [0.29, 0.717) is 12.2 Å². The molecule has 0 amide bonds. The Morgan fingerprint density at radius 3 is 2.50 bits per heavy atom. The summed E-state index contributed by atoms with van der Waals surface area (Å²) >= 11 is 0. The highest BCUT2D eigenvalue weighted by Gasteiger charge is 2.29. The maximum absolute atomic E-state index is 13.6. The summed E-state index contributed by atoms with van der Waals surface area (Å²) in [4.78, 5) is 23.2. The molecule has 3 unspecified atom stereocenters. The van der Waals surface area contributed by atoms with Crippen molar-refractivity contribution in [3.8, 4) is 5.75 Å². The van der Waals surface area contributed by atoms with E-state index in [1.165, 1.54) is 32.3 Å². The highest BCUT2D eigenvalue weighted by molar-refractivity contribution is 5.36. The second-order valence-corrected chi connectivity index (χ2v) is 8.16. The first kappa shape index (κ1) is 33.0. The van der Waals surface area contributed by atoms with Gasteiger partial charge < -0.3 is 19.4 Å². The molecule has 36 heavy (non-hydrogen) atoms. The minimum Gasteiger partial charge on any atom is -0.487 e. The van der Waals surface area contributed by atoms with Crippen LogP contribution in [0.5, 0.6) is 5.75 Å². The molecule has 8 nitrogen and oxygen atoms in total. The van der Waals surface area contributed by atoms with Crippen LogP contribution >= 0.6 is 0 Å². The predicted octanol–water partition coefficient (Wildman–Crippen LogP) is 5.93. The largest absolute Gasteiger partial charge is 0.487 e. The van der Waals surface area contributed by atoms with Gasteiger partial charge in [0.15, 0.2) is 6.61 Å². The molecule has 0 bridgehead atoms. The molecule has 0 saturated heterocycles. The van der Waals surface area contributed by atoms with E-state index in [4.69, 9.17) is 4.74 Å². The topological polar surface area (TPSA) is 108 Å². The summed E-state index contributed by atoms with van der Waals surface area (Å²) in [6.07, 6.45) is 11.7. The van der Waals surface area contributed by atoms with E-state index in [1.807, 2.05) is 0 Å². The van der Waals surface area contributed by atoms with Gasteiger partial charge in [-0.05, 0) is 51.3 Å². The van der Waals surface area contributed by atoms with Crippen LogP contribution in [0.3, 0.4) is 0 Å². The number of para-hydroxylation sites is 1. The number of unbranched alkanes of at least 4 members (excludes halogenated alkanes) is 2. The third-order valence-electron chi connectivity index (χ3n) is 4.92. The number of nitrogens with zero attached hydrogens (tertiary/aromatic N) is 1. The fraction of sp³-hybridized carbons (Fsp3) is 0.577. The summed E-state index contributed by atoms with van der Waals surface area (Å²) in [7, 11) is 0. The number of benzene rings is 1. The van der Waals surface area contributed by atoms with Crippen LogP contribution in [0.15, 0.2) is 54.6 Å². The Hall–Kier alpha value is -3.01. The van der Waals surface area contributed by atoms with Gasteiger partial charge in [-0.25, -0.2) is 0 Å². The lowest BCUT2D eigenvalue weighted by Crippen LogP contribution is -2.23. The summed E-state index contributed by atoms with van der Waals surface area (Å²) in [5.41, 5.74) is 0. The lowest BCUT2D eigenvalue weighted by Gasteiger charge is -2.15. The van der Waals surface area contributed by atoms with E-state index < -0.39 is 29.8 Å². The van der Waals surface area contributed by atoms with Gasteiger partial charge in [0.05, 0.1) is 6.10 Å². The molecular formula is C26H39F2NO7. The molecule has 10 heteroatoms. The highest BCUT2D eigenvalue weighted by Crippen LogP contribution is 2.28. The van der Waals surface area contributed by atoms with E-state index in [1.54, 1.807) is 30.3 Å². The number of ether oxygens (including phenoxy) is 2. The highest BCUT2D eigenvalue weighted by atomic mass is 19.3. The lowest BCUT2D eigenvalue weighted by molar-refractivity contribution is -0.767. The first-order valence-corrected chi connectivity index (χ1v) is 12.1. The Morgan fingerprint density at radius 1 is 1.28 bits per heavy atom. The number of alkyl halides is 2. The molecule has 1 aromatic rings. The number of hydrogen-bond donors (Lipinski definition) is 1. The molecule has 1 aliphatic rings. The van der Waals surface area contributed by atoms with Crippen molar-refractivity contribution in [2.75, 3.05) is 13.2 Å². The van der Waals surface area contributed by atoms with Crippen molar-refractivity contribution >= 4 is 6.47 Å². The number of aliphatic hydroxyl groups is 1. The van der Waals surface area contributed by atoms with Crippen LogP contribution in [-0.2, 0) is 14.4 Å². The Labute approximate surface area is 212 Å². The van der Waals surface area contributed by atoms with Crippen LogP contribution in [0.2, 0.25) is 0 Å². The summed E-state index contributed by atoms with van der Waals surface area (Å²) < 4.78 is 36.4. The monoisotopic (exact) mass is 515 g/mol. The molecule has 0 radical (unpaired) electrons. The van der Waals surface area contributed by atoms with E-state index in [9.17, 15) is 28.8 Å². The van der Waals surface area contributed by atoms with Gasteiger partial charge in [0.2, 0.25) is 0 Å². The quantitative estimate of drug-likeness (QED) is 0.114. The molecule has 0 heterocycles. The maximum atomic E-state index is 13.6. The zero-order chi connectivity index (χ0) is 27.2. The minimum atomic E-state index is -3.02. The van der Waals surface area contributed by atoms with Gasteiger partial charge in [-0.1, -0.05) is 62.6 Å². The number of carbonyl (C=O) groups excluding carboxylic acids is 1. The van der Waals surface area contributed by atoms with Crippen LogP contribution in [0.4, 0.5) is 8.78 Å². The Kier molecular flexibility index (Phi) is 18.5. The normalized spacial score (nSPS) is 17.9. The maximum Gasteiger partial charge on any atom is 0.299 e. The van der Waals surface area contributed by atoms with E-state index in [2.05, 4.69) is 35.6 Å². The van der Waals surface area contributed by atoms with Gasteiger partial charge in [-0.15, -0.1) is 10.1 Å². The molecule has 1 N–H and O–H groups in total. The molecule has 0 spiro atoms. The average Bonchev–Trinajstić information content (AvgIpc) is 3.26. The van der Waals surface area contributed by atoms with Gasteiger partial charge in [-0.3, -0.25) is 4.79 Å². The molecule has 1 fully saturated rings. The molecule has 3 atom stereocenters. The first-order chi connectivity index (χ1) is 17.1. The van der Waals surface area contributed by atoms with Gasteiger partial charge in [0, 0.05) is 5.92 Å². The van der Waals surface area contributed by atoms with Crippen molar-refractivity contribution in [2.24, 2.45) is 5.92 Å². The number of aliphatic hydroxyl groups excluding tert-OH is 1. The summed E-state index contributed by atoms with van der Waals surface area (Å²) in [5.74, 6) is -2.74. The number of rotatable bonds is 13. The zero-order valence-corrected chi connectivity index (χ0v) is 21.3. The SMILES string of the molecule is C/C=C\CCCC.CC(COC=O)O[N+](=O)[O-].OC1CCCC1/C=C/C(F)(F)COc1ccccc1. The molecule has 2 rings (SSSR count). The third kappa shape index (κ3) is 18.3. The van der Waals surface area contributed by atoms with E-state index in [0.717, 1.165) is 18.9 Å². The molecular weight excluding hydrogens is 476 g/mol. The second-order valence-electron chi connectivity index (χ2n) is 8.16. The Bertz CT molecular complexity index is 760. The van der Waals surface area contributed by atoms with Crippen molar-refractivity contribution < 1.29 is 38.1 Å². The van der Waals surface area contributed by atoms with Gasteiger partial charge in [0.1, 0.15) is 18.5 Å². The number of allylic oxidation sites excluding steroid dienone is 2. The molecule has 204 valence electrons. The first-order valence-electron chi connectivity index (χ1n) is 12.1. The van der Waals surface area contributed by atoms with Crippen LogP contribution in [0.1, 0.15) is 59.3 Å².